The second-order valence-electron chi connectivity index (χ2n) is 5.17. The van der Waals surface area contributed by atoms with Gasteiger partial charge >= 0.3 is 5.97 Å². The Morgan fingerprint density at radius 2 is 2.10 bits per heavy atom. The molecule has 2 atom stereocenters. The first kappa shape index (κ1) is 17.2. The number of likely N-dealkylation sites (tertiary alicyclic amines) is 1. The molecule has 0 radical (unpaired) electrons. The van der Waals surface area contributed by atoms with Crippen molar-refractivity contribution in [1.29, 1.82) is 0 Å². The van der Waals surface area contributed by atoms with Crippen LogP contribution in [0.25, 0.3) is 0 Å². The zero-order valence-corrected chi connectivity index (χ0v) is 13.0. The summed E-state index contributed by atoms with van der Waals surface area (Å²) in [4.78, 5) is 14.3. The van der Waals surface area contributed by atoms with E-state index in [2.05, 4.69) is 22.3 Å². The minimum Gasteiger partial charge on any atom is -0.468 e. The quantitative estimate of drug-likeness (QED) is 0.860. The first-order chi connectivity index (χ1) is 8.74. The van der Waals surface area contributed by atoms with Crippen molar-refractivity contribution in [2.45, 2.75) is 24.5 Å². The van der Waals surface area contributed by atoms with Crippen LogP contribution in [0.2, 0.25) is 0 Å². The summed E-state index contributed by atoms with van der Waals surface area (Å²) >= 11 is 0. The molecule has 6 heteroatoms. The SMILES string of the molecule is COC(=O)C12CNC(CN1Cc1ccccc1)C2.Cl.Cl. The van der Waals surface area contributed by atoms with Crippen LogP contribution in [0.4, 0.5) is 0 Å². The number of nitrogens with one attached hydrogen (secondary N) is 1. The normalized spacial score (nSPS) is 27.6. The second kappa shape index (κ2) is 6.76. The van der Waals surface area contributed by atoms with Crippen molar-refractivity contribution in [3.8, 4) is 0 Å². The Morgan fingerprint density at radius 3 is 2.70 bits per heavy atom. The molecule has 0 spiro atoms. The van der Waals surface area contributed by atoms with Crippen LogP contribution in [-0.2, 0) is 16.1 Å². The van der Waals surface area contributed by atoms with E-state index in [1.165, 1.54) is 12.7 Å². The lowest BCUT2D eigenvalue weighted by atomic mass is 9.98. The summed E-state index contributed by atoms with van der Waals surface area (Å²) in [5, 5.41) is 3.39. The van der Waals surface area contributed by atoms with Crippen LogP contribution in [-0.4, -0.2) is 42.6 Å². The molecule has 2 aliphatic heterocycles. The molecule has 20 heavy (non-hydrogen) atoms. The van der Waals surface area contributed by atoms with Crippen LogP contribution in [0.3, 0.4) is 0 Å². The van der Waals surface area contributed by atoms with Gasteiger partial charge in [-0.2, -0.15) is 0 Å². The number of piperazine rings is 1. The molecule has 112 valence electrons. The highest BCUT2D eigenvalue weighted by Crippen LogP contribution is 2.36. The number of carbonyl (C=O) groups is 1. The summed E-state index contributed by atoms with van der Waals surface area (Å²) in [6.07, 6.45) is 0.868. The van der Waals surface area contributed by atoms with Gasteiger partial charge in [-0.15, -0.1) is 24.8 Å². The van der Waals surface area contributed by atoms with Gasteiger partial charge in [0.2, 0.25) is 0 Å². The lowest BCUT2D eigenvalue weighted by molar-refractivity contribution is -0.153. The third-order valence-electron chi connectivity index (χ3n) is 4.09. The predicted octanol–water partition coefficient (Wildman–Crippen LogP) is 1.62. The number of nitrogens with zero attached hydrogens (tertiary/aromatic N) is 1. The fourth-order valence-electron chi connectivity index (χ4n) is 3.17. The average molecular weight is 319 g/mol. The van der Waals surface area contributed by atoms with Crippen LogP contribution in [0.5, 0.6) is 0 Å². The van der Waals surface area contributed by atoms with E-state index >= 15 is 0 Å². The molecule has 2 bridgehead atoms. The van der Waals surface area contributed by atoms with Crippen molar-refractivity contribution in [1.82, 2.24) is 10.2 Å². The van der Waals surface area contributed by atoms with Gasteiger partial charge in [0.05, 0.1) is 7.11 Å². The Bertz CT molecular complexity index is 458. The molecular formula is C14H20Cl2N2O2. The van der Waals surface area contributed by atoms with Crippen molar-refractivity contribution < 1.29 is 9.53 Å². The molecule has 0 amide bonds. The molecule has 0 saturated carbocycles. The minimum absolute atomic E-state index is 0. The van der Waals surface area contributed by atoms with Crippen LogP contribution in [0.15, 0.2) is 30.3 Å². The number of hydrogen-bond donors (Lipinski definition) is 1. The monoisotopic (exact) mass is 318 g/mol. The van der Waals surface area contributed by atoms with E-state index in [1.807, 2.05) is 18.2 Å². The first-order valence-electron chi connectivity index (χ1n) is 6.35. The van der Waals surface area contributed by atoms with E-state index in [0.717, 1.165) is 19.5 Å². The zero-order valence-electron chi connectivity index (χ0n) is 11.4. The molecule has 3 rings (SSSR count). The van der Waals surface area contributed by atoms with Crippen molar-refractivity contribution in [2.24, 2.45) is 0 Å². The number of rotatable bonds is 3. The number of methoxy groups -OCH3 is 1. The van der Waals surface area contributed by atoms with Gasteiger partial charge in [-0.1, -0.05) is 30.3 Å². The molecule has 1 aromatic carbocycles. The van der Waals surface area contributed by atoms with Gasteiger partial charge in [-0.25, -0.2) is 4.79 Å². The standard InChI is InChI=1S/C14H18N2O2.2ClH/c1-18-13(17)14-7-12(15-10-14)9-16(14)8-11-5-3-2-4-6-11;;/h2-6,12,15H,7-10H2,1H3;2*1H. The Morgan fingerprint density at radius 1 is 1.40 bits per heavy atom. The minimum atomic E-state index is -0.449. The summed E-state index contributed by atoms with van der Waals surface area (Å²) in [5.41, 5.74) is 0.795. The van der Waals surface area contributed by atoms with Gasteiger partial charge in [-0.3, -0.25) is 4.90 Å². The topological polar surface area (TPSA) is 41.6 Å². The number of ether oxygens (including phenoxy) is 1. The maximum absolute atomic E-state index is 12.1. The van der Waals surface area contributed by atoms with Crippen molar-refractivity contribution in [2.75, 3.05) is 20.2 Å². The van der Waals surface area contributed by atoms with Crippen LogP contribution in [0.1, 0.15) is 12.0 Å². The summed E-state index contributed by atoms with van der Waals surface area (Å²) in [6, 6.07) is 10.7. The van der Waals surface area contributed by atoms with Crippen molar-refractivity contribution in [3.05, 3.63) is 35.9 Å². The van der Waals surface area contributed by atoms with E-state index in [9.17, 15) is 4.79 Å². The maximum Gasteiger partial charge on any atom is 0.327 e. The molecule has 1 N–H and O–H groups in total. The highest BCUT2D eigenvalue weighted by atomic mass is 35.5. The number of fused-ring (bicyclic) bond motifs is 2. The summed E-state index contributed by atoms with van der Waals surface area (Å²) in [6.45, 7) is 2.44. The van der Waals surface area contributed by atoms with Gasteiger partial charge in [0.25, 0.3) is 0 Å². The van der Waals surface area contributed by atoms with Crippen molar-refractivity contribution in [3.63, 3.8) is 0 Å². The van der Waals surface area contributed by atoms with E-state index in [0.29, 0.717) is 12.6 Å². The number of esters is 1. The third kappa shape index (κ3) is 2.79. The summed E-state index contributed by atoms with van der Waals surface area (Å²) < 4.78 is 5.00. The largest absolute Gasteiger partial charge is 0.468 e. The molecule has 2 unspecified atom stereocenters. The van der Waals surface area contributed by atoms with E-state index in [-0.39, 0.29) is 30.8 Å². The second-order valence-corrected chi connectivity index (χ2v) is 5.17. The Hall–Kier alpha value is -0.810. The van der Waals surface area contributed by atoms with E-state index in [1.54, 1.807) is 0 Å². The number of hydrogen-bond acceptors (Lipinski definition) is 4. The Kier molecular flexibility index (Phi) is 5.83. The smallest absolute Gasteiger partial charge is 0.327 e. The lowest BCUT2D eigenvalue weighted by Crippen LogP contribution is -2.57. The number of benzene rings is 1. The lowest BCUT2D eigenvalue weighted by Gasteiger charge is -2.36. The number of halogens is 2. The first-order valence-corrected chi connectivity index (χ1v) is 6.35. The van der Waals surface area contributed by atoms with E-state index in [4.69, 9.17) is 4.74 Å². The molecule has 0 aliphatic carbocycles. The Labute approximate surface area is 131 Å². The molecule has 2 fully saturated rings. The van der Waals surface area contributed by atoms with Gasteiger partial charge in [0.1, 0.15) is 5.54 Å². The van der Waals surface area contributed by atoms with E-state index < -0.39 is 5.54 Å². The van der Waals surface area contributed by atoms with Crippen LogP contribution < -0.4 is 5.32 Å². The highest BCUT2D eigenvalue weighted by molar-refractivity contribution is 5.85. The summed E-state index contributed by atoms with van der Waals surface area (Å²) in [7, 11) is 1.48. The molecule has 2 saturated heterocycles. The van der Waals surface area contributed by atoms with Gasteiger partial charge in [-0.05, 0) is 12.0 Å². The van der Waals surface area contributed by atoms with Crippen LogP contribution >= 0.6 is 24.8 Å². The zero-order chi connectivity index (χ0) is 12.6. The van der Waals surface area contributed by atoms with Gasteiger partial charge < -0.3 is 10.1 Å². The highest BCUT2D eigenvalue weighted by Gasteiger charge is 2.56. The Balaban J connectivity index is 0.000001000. The fourth-order valence-corrected chi connectivity index (χ4v) is 3.17. The molecule has 2 heterocycles. The molecule has 2 aliphatic rings. The third-order valence-corrected chi connectivity index (χ3v) is 4.09. The molecule has 1 aromatic rings. The van der Waals surface area contributed by atoms with Crippen molar-refractivity contribution >= 4 is 30.8 Å². The van der Waals surface area contributed by atoms with Gasteiger partial charge in [0, 0.05) is 25.7 Å². The van der Waals surface area contributed by atoms with Gasteiger partial charge in [0.15, 0.2) is 0 Å². The maximum atomic E-state index is 12.1. The van der Waals surface area contributed by atoms with Crippen LogP contribution in [0, 0.1) is 0 Å². The number of carbonyl (C=O) groups excluding carboxylic acids is 1. The predicted molar refractivity (Wildman–Crippen MR) is 82.5 cm³/mol. The molecule has 4 nitrogen and oxygen atoms in total. The average Bonchev–Trinajstić information content (AvgIpc) is 2.98. The molecular weight excluding hydrogens is 299 g/mol. The summed E-state index contributed by atoms with van der Waals surface area (Å²) in [5.74, 6) is -0.106. The molecule has 0 aromatic heterocycles. The fraction of sp³-hybridized carbons (Fsp3) is 0.500.